The Morgan fingerprint density at radius 1 is 1.59 bits per heavy atom. The maximum Gasteiger partial charge on any atom is 0.191 e. The molecule has 6 heteroatoms. The fraction of sp³-hybridized carbons (Fsp3) is 0.455. The maximum absolute atomic E-state index is 6.05. The molecule has 0 spiro atoms. The molecule has 0 aliphatic rings. The highest BCUT2D eigenvalue weighted by Crippen LogP contribution is 2.22. The quantitative estimate of drug-likeness (QED) is 0.877. The average Bonchev–Trinajstić information content (AvgIpc) is 2.94. The summed E-state index contributed by atoms with van der Waals surface area (Å²) in [6.07, 6.45) is 0.743. The van der Waals surface area contributed by atoms with Gasteiger partial charge in [-0.1, -0.05) is 6.07 Å². The molecule has 0 amide bonds. The van der Waals surface area contributed by atoms with E-state index in [0.29, 0.717) is 6.61 Å². The van der Waals surface area contributed by atoms with Crippen molar-refractivity contribution in [3.05, 3.63) is 23.3 Å². The van der Waals surface area contributed by atoms with E-state index in [0.717, 1.165) is 22.9 Å². The van der Waals surface area contributed by atoms with Crippen molar-refractivity contribution in [1.82, 2.24) is 14.8 Å². The summed E-state index contributed by atoms with van der Waals surface area (Å²) in [5.74, 6) is 1.54. The fourth-order valence-electron chi connectivity index (χ4n) is 1.60. The smallest absolute Gasteiger partial charge is 0.191 e. The Morgan fingerprint density at radius 2 is 2.41 bits per heavy atom. The number of hydrogen-bond acceptors (Lipinski definition) is 5. The molecule has 0 bridgehead atoms. The molecule has 2 aromatic heterocycles. The minimum absolute atomic E-state index is 0.138. The molecule has 2 aromatic rings. The number of nitrogens with zero attached hydrogens (tertiary/aromatic N) is 3. The predicted octanol–water partition coefficient (Wildman–Crippen LogP) is 1.58. The molecule has 2 heterocycles. The molecule has 0 aliphatic carbocycles. The van der Waals surface area contributed by atoms with Crippen LogP contribution in [-0.2, 0) is 11.8 Å². The van der Waals surface area contributed by atoms with Crippen LogP contribution in [0.15, 0.2) is 17.5 Å². The van der Waals surface area contributed by atoms with Crippen LogP contribution in [0.2, 0.25) is 0 Å². The summed E-state index contributed by atoms with van der Waals surface area (Å²) in [5.41, 5.74) is 6.05. The Balaban J connectivity index is 2.19. The second-order valence-corrected chi connectivity index (χ2v) is 4.73. The van der Waals surface area contributed by atoms with Crippen molar-refractivity contribution < 1.29 is 4.74 Å². The third-order valence-corrected chi connectivity index (χ3v) is 3.37. The molecular formula is C11H16N4OS. The van der Waals surface area contributed by atoms with Crippen LogP contribution >= 0.6 is 11.3 Å². The predicted molar refractivity (Wildman–Crippen MR) is 67.7 cm³/mol. The summed E-state index contributed by atoms with van der Waals surface area (Å²) in [7, 11) is 3.53. The van der Waals surface area contributed by atoms with Crippen LogP contribution in [0.4, 0.5) is 0 Å². The van der Waals surface area contributed by atoms with Gasteiger partial charge in [0.05, 0.1) is 10.9 Å². The number of thiophene rings is 1. The Bertz CT molecular complexity index is 466. The van der Waals surface area contributed by atoms with Crippen LogP contribution in [-0.4, -0.2) is 28.5 Å². The largest absolute Gasteiger partial charge is 0.385 e. The molecule has 17 heavy (non-hydrogen) atoms. The van der Waals surface area contributed by atoms with E-state index in [1.165, 1.54) is 0 Å². The lowest BCUT2D eigenvalue weighted by molar-refractivity contribution is 0.186. The van der Waals surface area contributed by atoms with Gasteiger partial charge in [0, 0.05) is 20.8 Å². The number of hydrogen-bond donors (Lipinski definition) is 1. The second-order valence-electron chi connectivity index (χ2n) is 3.78. The summed E-state index contributed by atoms with van der Waals surface area (Å²) >= 11 is 1.62. The van der Waals surface area contributed by atoms with Gasteiger partial charge < -0.3 is 10.5 Å². The van der Waals surface area contributed by atoms with Crippen LogP contribution in [0, 0.1) is 0 Å². The van der Waals surface area contributed by atoms with E-state index in [1.807, 2.05) is 24.6 Å². The van der Waals surface area contributed by atoms with Crippen molar-refractivity contribution in [3.8, 4) is 10.7 Å². The highest BCUT2D eigenvalue weighted by molar-refractivity contribution is 7.13. The number of rotatable bonds is 5. The van der Waals surface area contributed by atoms with E-state index in [2.05, 4.69) is 10.1 Å². The third-order valence-electron chi connectivity index (χ3n) is 2.50. The van der Waals surface area contributed by atoms with E-state index in [1.54, 1.807) is 23.1 Å². The molecule has 0 aliphatic heterocycles. The van der Waals surface area contributed by atoms with E-state index in [4.69, 9.17) is 10.5 Å². The summed E-state index contributed by atoms with van der Waals surface area (Å²) in [6, 6.07) is 3.85. The Kier molecular flexibility index (Phi) is 3.88. The minimum Gasteiger partial charge on any atom is -0.385 e. The molecule has 2 rings (SSSR count). The Morgan fingerprint density at radius 3 is 3.06 bits per heavy atom. The van der Waals surface area contributed by atoms with Gasteiger partial charge in [-0.2, -0.15) is 5.10 Å². The van der Waals surface area contributed by atoms with E-state index in [-0.39, 0.29) is 6.04 Å². The normalized spacial score (nSPS) is 12.9. The van der Waals surface area contributed by atoms with Gasteiger partial charge in [-0.3, -0.25) is 4.68 Å². The van der Waals surface area contributed by atoms with Crippen LogP contribution in [0.3, 0.4) is 0 Å². The first kappa shape index (κ1) is 12.2. The van der Waals surface area contributed by atoms with Crippen molar-refractivity contribution in [2.45, 2.75) is 12.5 Å². The first-order valence-corrected chi connectivity index (χ1v) is 6.29. The number of nitrogens with two attached hydrogens (primary N) is 1. The standard InChI is InChI=1S/C11H16N4OS/c1-15-11(8(12)5-6-16-2)13-10(14-15)9-4-3-7-17-9/h3-4,7-8H,5-6,12H2,1-2H3. The monoisotopic (exact) mass is 252 g/mol. The van der Waals surface area contributed by atoms with Crippen molar-refractivity contribution in [2.75, 3.05) is 13.7 Å². The number of ether oxygens (including phenoxy) is 1. The number of aryl methyl sites for hydroxylation is 1. The molecule has 0 fully saturated rings. The van der Waals surface area contributed by atoms with Gasteiger partial charge in [0.1, 0.15) is 5.82 Å². The maximum atomic E-state index is 6.05. The third kappa shape index (κ3) is 2.71. The van der Waals surface area contributed by atoms with E-state index >= 15 is 0 Å². The van der Waals surface area contributed by atoms with Crippen molar-refractivity contribution in [3.63, 3.8) is 0 Å². The molecule has 0 saturated heterocycles. The van der Waals surface area contributed by atoms with E-state index < -0.39 is 0 Å². The molecule has 0 saturated carbocycles. The van der Waals surface area contributed by atoms with Crippen LogP contribution in [0.25, 0.3) is 10.7 Å². The zero-order chi connectivity index (χ0) is 12.3. The highest BCUT2D eigenvalue weighted by atomic mass is 32.1. The number of aromatic nitrogens is 3. The highest BCUT2D eigenvalue weighted by Gasteiger charge is 2.15. The zero-order valence-electron chi connectivity index (χ0n) is 9.96. The summed E-state index contributed by atoms with van der Waals surface area (Å²) in [4.78, 5) is 5.55. The minimum atomic E-state index is -0.138. The molecule has 2 N–H and O–H groups in total. The fourth-order valence-corrected chi connectivity index (χ4v) is 2.26. The van der Waals surface area contributed by atoms with Gasteiger partial charge >= 0.3 is 0 Å². The second kappa shape index (κ2) is 5.39. The van der Waals surface area contributed by atoms with Crippen molar-refractivity contribution >= 4 is 11.3 Å². The zero-order valence-corrected chi connectivity index (χ0v) is 10.8. The molecule has 1 atom stereocenters. The first-order chi connectivity index (χ1) is 8.22. The molecule has 1 unspecified atom stereocenters. The first-order valence-electron chi connectivity index (χ1n) is 5.41. The average molecular weight is 252 g/mol. The lowest BCUT2D eigenvalue weighted by Crippen LogP contribution is -2.17. The van der Waals surface area contributed by atoms with Crippen molar-refractivity contribution in [2.24, 2.45) is 12.8 Å². The summed E-state index contributed by atoms with van der Waals surface area (Å²) in [6.45, 7) is 0.627. The molecule has 0 aromatic carbocycles. The molecule has 0 radical (unpaired) electrons. The van der Waals surface area contributed by atoms with Crippen LogP contribution < -0.4 is 5.73 Å². The number of methoxy groups -OCH3 is 1. The van der Waals surface area contributed by atoms with Gasteiger partial charge in [0.2, 0.25) is 0 Å². The van der Waals surface area contributed by atoms with Gasteiger partial charge in [0.15, 0.2) is 5.82 Å². The summed E-state index contributed by atoms with van der Waals surface area (Å²) < 4.78 is 6.76. The van der Waals surface area contributed by atoms with Gasteiger partial charge in [-0.15, -0.1) is 11.3 Å². The van der Waals surface area contributed by atoms with Gasteiger partial charge in [0.25, 0.3) is 0 Å². The topological polar surface area (TPSA) is 66.0 Å². The van der Waals surface area contributed by atoms with Crippen LogP contribution in [0.5, 0.6) is 0 Å². The van der Waals surface area contributed by atoms with Gasteiger partial charge in [-0.25, -0.2) is 4.98 Å². The molecule has 92 valence electrons. The van der Waals surface area contributed by atoms with Crippen LogP contribution in [0.1, 0.15) is 18.3 Å². The van der Waals surface area contributed by atoms with E-state index in [9.17, 15) is 0 Å². The SMILES string of the molecule is COCCC(N)c1nc(-c2cccs2)nn1C. The lowest BCUT2D eigenvalue weighted by Gasteiger charge is -2.08. The van der Waals surface area contributed by atoms with Crippen molar-refractivity contribution in [1.29, 1.82) is 0 Å². The summed E-state index contributed by atoms with van der Waals surface area (Å²) in [5, 5.41) is 6.39. The molecular weight excluding hydrogens is 236 g/mol. The lowest BCUT2D eigenvalue weighted by atomic mass is 10.2. The molecule has 5 nitrogen and oxygen atoms in total. The Labute approximate surface area is 104 Å². The van der Waals surface area contributed by atoms with Gasteiger partial charge in [-0.05, 0) is 17.9 Å². The Hall–Kier alpha value is -1.24.